The molecule has 2 heterocycles. The molecular formula is C23H28N4O3. The van der Waals surface area contributed by atoms with Crippen molar-refractivity contribution < 1.29 is 14.3 Å². The Balaban J connectivity index is 1.37. The number of benzene rings is 1. The summed E-state index contributed by atoms with van der Waals surface area (Å²) in [5, 5.41) is 4.32. The molecule has 1 amide bonds. The molecule has 1 saturated heterocycles. The molecule has 1 aromatic carbocycles. The molecule has 1 unspecified atom stereocenters. The number of rotatable bonds is 6. The van der Waals surface area contributed by atoms with Crippen molar-refractivity contribution >= 4 is 17.5 Å². The monoisotopic (exact) mass is 408 g/mol. The number of carbonyl (C=O) groups excluding carboxylic acids is 2. The maximum Gasteiger partial charge on any atom is 0.223 e. The molecule has 1 fully saturated rings. The number of nitrogens with two attached hydrogens (primary N) is 1. The van der Waals surface area contributed by atoms with Crippen LogP contribution in [0.25, 0.3) is 5.69 Å². The first kappa shape index (κ1) is 20.2. The SMILES string of the molecule is COc1ccc(-n2ncc(C(=O)C3CCN(C(=O)CC4C=CCC4)CC3)c2N)cc1. The highest BCUT2D eigenvalue weighted by molar-refractivity contribution is 6.01. The Labute approximate surface area is 176 Å². The van der Waals surface area contributed by atoms with E-state index in [-0.39, 0.29) is 17.6 Å². The van der Waals surface area contributed by atoms with Gasteiger partial charge in [0.25, 0.3) is 0 Å². The molecular weight excluding hydrogens is 380 g/mol. The van der Waals surface area contributed by atoms with Crippen LogP contribution < -0.4 is 10.5 Å². The molecule has 1 aliphatic heterocycles. The van der Waals surface area contributed by atoms with E-state index in [1.54, 1.807) is 18.0 Å². The Hall–Kier alpha value is -3.09. The van der Waals surface area contributed by atoms with E-state index in [9.17, 15) is 9.59 Å². The molecule has 4 rings (SSSR count). The first-order chi connectivity index (χ1) is 14.6. The summed E-state index contributed by atoms with van der Waals surface area (Å²) in [6.07, 6.45) is 9.90. The van der Waals surface area contributed by atoms with Crippen molar-refractivity contribution in [2.24, 2.45) is 11.8 Å². The lowest BCUT2D eigenvalue weighted by molar-refractivity contribution is -0.133. The number of ether oxygens (including phenoxy) is 1. The minimum Gasteiger partial charge on any atom is -0.497 e. The number of aromatic nitrogens is 2. The molecule has 0 saturated carbocycles. The van der Waals surface area contributed by atoms with E-state index in [2.05, 4.69) is 17.3 Å². The van der Waals surface area contributed by atoms with Crippen LogP contribution in [0.5, 0.6) is 5.75 Å². The van der Waals surface area contributed by atoms with Gasteiger partial charge in [-0.2, -0.15) is 5.10 Å². The highest BCUT2D eigenvalue weighted by atomic mass is 16.5. The van der Waals surface area contributed by atoms with E-state index < -0.39 is 0 Å². The number of hydrogen-bond donors (Lipinski definition) is 1. The van der Waals surface area contributed by atoms with Crippen LogP contribution in [0.15, 0.2) is 42.6 Å². The Bertz CT molecular complexity index is 940. The van der Waals surface area contributed by atoms with Crippen LogP contribution in [0.4, 0.5) is 5.82 Å². The van der Waals surface area contributed by atoms with Crippen LogP contribution in [-0.2, 0) is 4.79 Å². The predicted octanol–water partition coefficient (Wildman–Crippen LogP) is 3.24. The van der Waals surface area contributed by atoms with Gasteiger partial charge in [0.15, 0.2) is 5.78 Å². The van der Waals surface area contributed by atoms with E-state index >= 15 is 0 Å². The van der Waals surface area contributed by atoms with Gasteiger partial charge in [-0.3, -0.25) is 9.59 Å². The summed E-state index contributed by atoms with van der Waals surface area (Å²) in [5.41, 5.74) is 7.48. The topological polar surface area (TPSA) is 90.5 Å². The fourth-order valence-corrected chi connectivity index (χ4v) is 4.31. The molecule has 30 heavy (non-hydrogen) atoms. The van der Waals surface area contributed by atoms with Gasteiger partial charge in [-0.25, -0.2) is 4.68 Å². The molecule has 2 aromatic rings. The maximum atomic E-state index is 13.1. The highest BCUT2D eigenvalue weighted by Crippen LogP contribution is 2.28. The summed E-state index contributed by atoms with van der Waals surface area (Å²) in [4.78, 5) is 27.5. The van der Waals surface area contributed by atoms with Gasteiger partial charge in [-0.1, -0.05) is 12.2 Å². The maximum absolute atomic E-state index is 13.1. The molecule has 1 aromatic heterocycles. The molecule has 7 heteroatoms. The number of nitrogen functional groups attached to an aromatic ring is 1. The first-order valence-electron chi connectivity index (χ1n) is 10.5. The largest absolute Gasteiger partial charge is 0.497 e. The number of likely N-dealkylation sites (tertiary alicyclic amines) is 1. The lowest BCUT2D eigenvalue weighted by atomic mass is 9.89. The number of ketones is 1. The molecule has 2 aliphatic rings. The highest BCUT2D eigenvalue weighted by Gasteiger charge is 2.30. The number of carbonyl (C=O) groups is 2. The number of nitrogens with zero attached hydrogens (tertiary/aromatic N) is 3. The van der Waals surface area contributed by atoms with Gasteiger partial charge in [-0.05, 0) is 55.9 Å². The molecule has 0 radical (unpaired) electrons. The quantitative estimate of drug-likeness (QED) is 0.585. The second-order valence-corrected chi connectivity index (χ2v) is 8.04. The summed E-state index contributed by atoms with van der Waals surface area (Å²) in [6.45, 7) is 1.25. The van der Waals surface area contributed by atoms with Gasteiger partial charge in [0.1, 0.15) is 11.6 Å². The number of allylic oxidation sites excluding steroid dienone is 2. The van der Waals surface area contributed by atoms with E-state index in [0.29, 0.717) is 49.7 Å². The molecule has 1 atom stereocenters. The summed E-state index contributed by atoms with van der Waals surface area (Å²) in [5.74, 6) is 1.54. The second-order valence-electron chi connectivity index (χ2n) is 8.04. The lowest BCUT2D eigenvalue weighted by Gasteiger charge is -2.31. The molecule has 7 nitrogen and oxygen atoms in total. The average molecular weight is 409 g/mol. The van der Waals surface area contributed by atoms with E-state index in [0.717, 1.165) is 24.3 Å². The van der Waals surface area contributed by atoms with Crippen LogP contribution in [-0.4, -0.2) is 46.6 Å². The van der Waals surface area contributed by atoms with Crippen LogP contribution in [0, 0.1) is 11.8 Å². The third-order valence-corrected chi connectivity index (χ3v) is 6.16. The smallest absolute Gasteiger partial charge is 0.223 e. The van der Waals surface area contributed by atoms with Gasteiger partial charge >= 0.3 is 0 Å². The zero-order valence-electron chi connectivity index (χ0n) is 17.3. The Morgan fingerprint density at radius 1 is 1.17 bits per heavy atom. The fourth-order valence-electron chi connectivity index (χ4n) is 4.31. The first-order valence-corrected chi connectivity index (χ1v) is 10.5. The van der Waals surface area contributed by atoms with Crippen molar-refractivity contribution in [2.75, 3.05) is 25.9 Å². The lowest BCUT2D eigenvalue weighted by Crippen LogP contribution is -2.40. The van der Waals surface area contributed by atoms with Crippen LogP contribution >= 0.6 is 0 Å². The third-order valence-electron chi connectivity index (χ3n) is 6.16. The summed E-state index contributed by atoms with van der Waals surface area (Å²) < 4.78 is 6.74. The van der Waals surface area contributed by atoms with Crippen molar-refractivity contribution in [1.29, 1.82) is 0 Å². The fraction of sp³-hybridized carbons (Fsp3) is 0.435. The van der Waals surface area contributed by atoms with Crippen molar-refractivity contribution in [3.8, 4) is 11.4 Å². The summed E-state index contributed by atoms with van der Waals surface area (Å²) in [7, 11) is 1.61. The Morgan fingerprint density at radius 2 is 1.90 bits per heavy atom. The third kappa shape index (κ3) is 4.10. The number of anilines is 1. The number of hydrogen-bond acceptors (Lipinski definition) is 5. The zero-order chi connectivity index (χ0) is 21.1. The van der Waals surface area contributed by atoms with Gasteiger partial charge in [0.05, 0.1) is 24.6 Å². The Morgan fingerprint density at radius 3 is 2.53 bits per heavy atom. The van der Waals surface area contributed by atoms with E-state index in [1.165, 1.54) is 0 Å². The standard InChI is InChI=1S/C23H28N4O3/c1-30-19-8-6-18(7-9-19)27-23(24)20(15-25-27)22(29)17-10-12-26(13-11-17)21(28)14-16-4-2-3-5-16/h2,4,6-9,15-17H,3,5,10-14,24H2,1H3. The number of piperidine rings is 1. The van der Waals surface area contributed by atoms with E-state index in [1.807, 2.05) is 29.2 Å². The predicted molar refractivity (Wildman–Crippen MR) is 115 cm³/mol. The Kier molecular flexibility index (Phi) is 5.88. The van der Waals surface area contributed by atoms with Crippen molar-refractivity contribution in [3.05, 3.63) is 48.2 Å². The van der Waals surface area contributed by atoms with Gasteiger partial charge in [0.2, 0.25) is 5.91 Å². The number of Topliss-reactive ketones (excluding diaryl/α,β-unsaturated/α-hetero) is 1. The van der Waals surface area contributed by atoms with Crippen LogP contribution in [0.3, 0.4) is 0 Å². The number of methoxy groups -OCH3 is 1. The van der Waals surface area contributed by atoms with Gasteiger partial charge in [0, 0.05) is 25.4 Å². The molecule has 158 valence electrons. The summed E-state index contributed by atoms with van der Waals surface area (Å²) >= 11 is 0. The minimum absolute atomic E-state index is 0.0121. The number of amides is 1. The normalized spacial score (nSPS) is 19.2. The molecule has 1 aliphatic carbocycles. The van der Waals surface area contributed by atoms with Crippen LogP contribution in [0.2, 0.25) is 0 Å². The second kappa shape index (κ2) is 8.73. The van der Waals surface area contributed by atoms with Crippen molar-refractivity contribution in [2.45, 2.75) is 32.1 Å². The van der Waals surface area contributed by atoms with Gasteiger partial charge in [-0.15, -0.1) is 0 Å². The summed E-state index contributed by atoms with van der Waals surface area (Å²) in [6, 6.07) is 7.35. The minimum atomic E-state index is -0.128. The van der Waals surface area contributed by atoms with Crippen molar-refractivity contribution in [3.63, 3.8) is 0 Å². The average Bonchev–Trinajstić information content (AvgIpc) is 3.43. The molecule has 2 N–H and O–H groups in total. The molecule has 0 spiro atoms. The van der Waals surface area contributed by atoms with E-state index in [4.69, 9.17) is 10.5 Å². The molecule has 0 bridgehead atoms. The van der Waals surface area contributed by atoms with Crippen molar-refractivity contribution in [1.82, 2.24) is 14.7 Å². The van der Waals surface area contributed by atoms with Crippen LogP contribution in [0.1, 0.15) is 42.5 Å². The van der Waals surface area contributed by atoms with Gasteiger partial charge < -0.3 is 15.4 Å². The zero-order valence-corrected chi connectivity index (χ0v) is 17.3.